The molecule has 2 aromatic rings. The van der Waals surface area contributed by atoms with Crippen LogP contribution in [0.15, 0.2) is 25.0 Å². The van der Waals surface area contributed by atoms with Crippen molar-refractivity contribution >= 4 is 17.0 Å². The molecule has 2 rings (SSSR count). The fourth-order valence-corrected chi connectivity index (χ4v) is 1.56. The molecule has 0 aliphatic heterocycles. The molecule has 0 unspecified atom stereocenters. The smallest absolute Gasteiger partial charge is 0.224 e. The van der Waals surface area contributed by atoms with Crippen LogP contribution in [0.1, 0.15) is 20.8 Å². The first kappa shape index (κ1) is 11.6. The van der Waals surface area contributed by atoms with Crippen molar-refractivity contribution in [3.63, 3.8) is 0 Å². The zero-order chi connectivity index (χ0) is 12.5. The Bertz CT molecular complexity index is 535. The van der Waals surface area contributed by atoms with Crippen LogP contribution in [0, 0.1) is 0 Å². The highest BCUT2D eigenvalue weighted by Gasteiger charge is 2.18. The first-order chi connectivity index (χ1) is 8.02. The second-order valence-corrected chi connectivity index (χ2v) is 4.87. The molecule has 0 radical (unpaired) electrons. The molecular weight excluding hydrogens is 214 g/mol. The number of hydrogen-bond donors (Lipinski definition) is 1. The van der Waals surface area contributed by atoms with E-state index >= 15 is 0 Å². The van der Waals surface area contributed by atoms with E-state index in [1.54, 1.807) is 18.5 Å². The highest BCUT2D eigenvalue weighted by molar-refractivity contribution is 5.74. The van der Waals surface area contributed by atoms with Gasteiger partial charge in [-0.15, -0.1) is 6.58 Å². The molecule has 0 atom stereocenters. The molecule has 1 N–H and O–H groups in total. The van der Waals surface area contributed by atoms with Crippen LogP contribution < -0.4 is 5.32 Å². The van der Waals surface area contributed by atoms with Crippen molar-refractivity contribution in [3.05, 3.63) is 25.0 Å². The maximum Gasteiger partial charge on any atom is 0.224 e. The summed E-state index contributed by atoms with van der Waals surface area (Å²) in [6.07, 6.45) is 5.34. The molecule has 2 aromatic heterocycles. The van der Waals surface area contributed by atoms with Gasteiger partial charge < -0.3 is 5.32 Å². The molecule has 17 heavy (non-hydrogen) atoms. The normalized spacial score (nSPS) is 11.7. The van der Waals surface area contributed by atoms with E-state index in [1.165, 1.54) is 0 Å². The molecule has 0 saturated carbocycles. The van der Waals surface area contributed by atoms with Gasteiger partial charge in [-0.2, -0.15) is 10.1 Å². The third-order valence-corrected chi connectivity index (χ3v) is 2.35. The minimum Gasteiger partial charge on any atom is -0.351 e. The Kier molecular flexibility index (Phi) is 2.83. The van der Waals surface area contributed by atoms with E-state index < -0.39 is 0 Å². The van der Waals surface area contributed by atoms with Gasteiger partial charge in [-0.05, 0) is 20.8 Å². The molecule has 5 heteroatoms. The molecule has 0 fully saturated rings. The number of nitrogens with one attached hydrogen (secondary N) is 1. The van der Waals surface area contributed by atoms with E-state index in [0.717, 1.165) is 11.0 Å². The number of aromatic nitrogens is 4. The Balaban J connectivity index is 2.47. The number of rotatable bonds is 3. The predicted octanol–water partition coefficient (Wildman–Crippen LogP) is 2.18. The summed E-state index contributed by atoms with van der Waals surface area (Å²) in [6, 6.07) is 0. The van der Waals surface area contributed by atoms with Crippen molar-refractivity contribution in [2.45, 2.75) is 26.3 Å². The van der Waals surface area contributed by atoms with Crippen LogP contribution >= 0.6 is 0 Å². The van der Waals surface area contributed by atoms with Crippen molar-refractivity contribution in [3.8, 4) is 0 Å². The number of anilines is 1. The van der Waals surface area contributed by atoms with E-state index in [4.69, 9.17) is 0 Å². The zero-order valence-electron chi connectivity index (χ0n) is 10.4. The molecule has 90 valence electrons. The molecule has 0 aliphatic rings. The molecule has 0 aliphatic carbocycles. The average Bonchev–Trinajstić information content (AvgIpc) is 2.68. The number of fused-ring (bicyclic) bond motifs is 1. The van der Waals surface area contributed by atoms with E-state index in [2.05, 4.69) is 47.7 Å². The lowest BCUT2D eigenvalue weighted by Gasteiger charge is -2.19. The van der Waals surface area contributed by atoms with Crippen LogP contribution in [0.25, 0.3) is 11.0 Å². The third kappa shape index (κ3) is 2.27. The van der Waals surface area contributed by atoms with Gasteiger partial charge in [0.1, 0.15) is 0 Å². The summed E-state index contributed by atoms with van der Waals surface area (Å²) in [5.41, 5.74) is 0.755. The minimum atomic E-state index is -0.0915. The summed E-state index contributed by atoms with van der Waals surface area (Å²) in [6.45, 7) is 10.6. The van der Waals surface area contributed by atoms with Crippen LogP contribution in [-0.2, 0) is 5.54 Å². The van der Waals surface area contributed by atoms with Gasteiger partial charge in [0, 0.05) is 12.7 Å². The first-order valence-electron chi connectivity index (χ1n) is 5.58. The van der Waals surface area contributed by atoms with Crippen molar-refractivity contribution < 1.29 is 0 Å². The van der Waals surface area contributed by atoms with Gasteiger partial charge in [0.2, 0.25) is 5.95 Å². The van der Waals surface area contributed by atoms with Gasteiger partial charge in [0.15, 0.2) is 5.65 Å². The van der Waals surface area contributed by atoms with Crippen LogP contribution in [0.4, 0.5) is 5.95 Å². The SMILES string of the molecule is C=CCNc1ncc2cnn(C(C)(C)C)c2n1. The Morgan fingerprint density at radius 1 is 1.41 bits per heavy atom. The van der Waals surface area contributed by atoms with Crippen molar-refractivity contribution in [2.75, 3.05) is 11.9 Å². The summed E-state index contributed by atoms with van der Waals surface area (Å²) in [5.74, 6) is 0.600. The second-order valence-electron chi connectivity index (χ2n) is 4.87. The Morgan fingerprint density at radius 3 is 2.82 bits per heavy atom. The standard InChI is InChI=1S/C12H17N5/c1-5-6-13-11-14-7-9-8-15-17(10(9)16-11)12(2,3)4/h5,7-8H,1,6H2,2-4H3,(H,13,14,16). The highest BCUT2D eigenvalue weighted by atomic mass is 15.3. The summed E-state index contributed by atoms with van der Waals surface area (Å²) in [7, 11) is 0. The summed E-state index contributed by atoms with van der Waals surface area (Å²) >= 11 is 0. The third-order valence-electron chi connectivity index (χ3n) is 2.35. The molecule has 0 spiro atoms. The Hall–Kier alpha value is -1.91. The van der Waals surface area contributed by atoms with Crippen molar-refractivity contribution in [1.82, 2.24) is 19.7 Å². The first-order valence-corrected chi connectivity index (χ1v) is 5.58. The summed E-state index contributed by atoms with van der Waals surface area (Å²) in [4.78, 5) is 8.69. The van der Waals surface area contributed by atoms with Crippen LogP contribution in [-0.4, -0.2) is 26.3 Å². The topological polar surface area (TPSA) is 55.6 Å². The quantitative estimate of drug-likeness (QED) is 0.823. The summed E-state index contributed by atoms with van der Waals surface area (Å²) in [5, 5.41) is 8.38. The largest absolute Gasteiger partial charge is 0.351 e. The Labute approximate surface area is 101 Å². The Morgan fingerprint density at radius 2 is 2.18 bits per heavy atom. The van der Waals surface area contributed by atoms with Gasteiger partial charge in [-0.3, -0.25) is 0 Å². The lowest BCUT2D eigenvalue weighted by atomic mass is 10.1. The predicted molar refractivity (Wildman–Crippen MR) is 69.0 cm³/mol. The van der Waals surface area contributed by atoms with Gasteiger partial charge in [0.25, 0.3) is 0 Å². The van der Waals surface area contributed by atoms with Gasteiger partial charge in [-0.1, -0.05) is 6.08 Å². The van der Waals surface area contributed by atoms with E-state index in [9.17, 15) is 0 Å². The molecule has 0 saturated heterocycles. The minimum absolute atomic E-state index is 0.0915. The van der Waals surface area contributed by atoms with E-state index in [0.29, 0.717) is 12.5 Å². The molecule has 2 heterocycles. The second kappa shape index (κ2) is 4.16. The van der Waals surface area contributed by atoms with Gasteiger partial charge >= 0.3 is 0 Å². The molecular formula is C12H17N5. The molecule has 0 amide bonds. The molecule has 5 nitrogen and oxygen atoms in total. The lowest BCUT2D eigenvalue weighted by Crippen LogP contribution is -2.23. The average molecular weight is 231 g/mol. The van der Waals surface area contributed by atoms with Crippen LogP contribution in [0.3, 0.4) is 0 Å². The molecule has 0 aromatic carbocycles. The van der Waals surface area contributed by atoms with Gasteiger partial charge in [-0.25, -0.2) is 9.67 Å². The molecule has 0 bridgehead atoms. The van der Waals surface area contributed by atoms with E-state index in [1.807, 2.05) is 4.68 Å². The number of nitrogens with zero attached hydrogens (tertiary/aromatic N) is 4. The highest BCUT2D eigenvalue weighted by Crippen LogP contribution is 2.20. The van der Waals surface area contributed by atoms with Crippen LogP contribution in [0.2, 0.25) is 0 Å². The van der Waals surface area contributed by atoms with Crippen LogP contribution in [0.5, 0.6) is 0 Å². The lowest BCUT2D eigenvalue weighted by molar-refractivity contribution is 0.366. The fourth-order valence-electron chi connectivity index (χ4n) is 1.56. The van der Waals surface area contributed by atoms with Crippen molar-refractivity contribution in [2.24, 2.45) is 0 Å². The van der Waals surface area contributed by atoms with E-state index in [-0.39, 0.29) is 5.54 Å². The maximum atomic E-state index is 4.47. The fraction of sp³-hybridized carbons (Fsp3) is 0.417. The number of hydrogen-bond acceptors (Lipinski definition) is 4. The monoisotopic (exact) mass is 231 g/mol. The van der Waals surface area contributed by atoms with Crippen molar-refractivity contribution in [1.29, 1.82) is 0 Å². The summed E-state index contributed by atoms with van der Waals surface area (Å²) < 4.78 is 1.91. The van der Waals surface area contributed by atoms with Gasteiger partial charge in [0.05, 0.1) is 17.1 Å². The zero-order valence-corrected chi connectivity index (χ0v) is 10.4. The maximum absolute atomic E-state index is 4.47.